The number of hydrogen-bond acceptors (Lipinski definition) is 2. The summed E-state index contributed by atoms with van der Waals surface area (Å²) >= 11 is 0. The SMILES string of the molecule is COc1ccc(N(C)Cc2ccc(C)cc2)cc1. The van der Waals surface area contributed by atoms with Gasteiger partial charge in [-0.1, -0.05) is 29.8 Å². The zero-order valence-corrected chi connectivity index (χ0v) is 11.2. The highest BCUT2D eigenvalue weighted by Gasteiger charge is 2.02. The molecular weight excluding hydrogens is 222 g/mol. The maximum absolute atomic E-state index is 5.16. The number of nitrogens with zero attached hydrogens (tertiary/aromatic N) is 1. The fourth-order valence-corrected chi connectivity index (χ4v) is 1.90. The highest BCUT2D eigenvalue weighted by atomic mass is 16.5. The second kappa shape index (κ2) is 5.58. The van der Waals surface area contributed by atoms with Crippen molar-refractivity contribution >= 4 is 5.69 Å². The smallest absolute Gasteiger partial charge is 0.119 e. The number of aryl methyl sites for hydroxylation is 1. The first-order chi connectivity index (χ1) is 8.69. The first kappa shape index (κ1) is 12.5. The molecule has 0 unspecified atom stereocenters. The standard InChI is InChI=1S/C16H19NO/c1-13-4-6-14(7-5-13)12-17(2)15-8-10-16(18-3)11-9-15/h4-11H,12H2,1-3H3. The molecule has 0 saturated heterocycles. The lowest BCUT2D eigenvalue weighted by Gasteiger charge is -2.19. The molecule has 2 aromatic carbocycles. The second-order valence-corrected chi connectivity index (χ2v) is 4.54. The van der Waals surface area contributed by atoms with Crippen LogP contribution in [0.2, 0.25) is 0 Å². The molecule has 0 aliphatic rings. The van der Waals surface area contributed by atoms with Gasteiger partial charge in [0.05, 0.1) is 7.11 Å². The number of methoxy groups -OCH3 is 1. The number of hydrogen-bond donors (Lipinski definition) is 0. The fraction of sp³-hybridized carbons (Fsp3) is 0.250. The predicted octanol–water partition coefficient (Wildman–Crippen LogP) is 3.64. The van der Waals surface area contributed by atoms with Crippen LogP contribution < -0.4 is 9.64 Å². The van der Waals surface area contributed by atoms with Crippen LogP contribution in [-0.4, -0.2) is 14.2 Å². The molecule has 0 fully saturated rings. The third kappa shape index (κ3) is 3.04. The molecule has 0 atom stereocenters. The van der Waals surface area contributed by atoms with E-state index in [4.69, 9.17) is 4.74 Å². The van der Waals surface area contributed by atoms with Gasteiger partial charge in [-0.25, -0.2) is 0 Å². The van der Waals surface area contributed by atoms with E-state index < -0.39 is 0 Å². The third-order valence-corrected chi connectivity index (χ3v) is 3.05. The molecule has 2 nitrogen and oxygen atoms in total. The van der Waals surface area contributed by atoms with Crippen molar-refractivity contribution in [2.75, 3.05) is 19.1 Å². The van der Waals surface area contributed by atoms with Crippen LogP contribution in [0.25, 0.3) is 0 Å². The second-order valence-electron chi connectivity index (χ2n) is 4.54. The average Bonchev–Trinajstić information content (AvgIpc) is 2.41. The van der Waals surface area contributed by atoms with E-state index in [0.29, 0.717) is 0 Å². The van der Waals surface area contributed by atoms with E-state index in [1.165, 1.54) is 16.8 Å². The lowest BCUT2D eigenvalue weighted by molar-refractivity contribution is 0.415. The Balaban J connectivity index is 2.06. The first-order valence-electron chi connectivity index (χ1n) is 6.10. The Labute approximate surface area is 109 Å². The van der Waals surface area contributed by atoms with Crippen molar-refractivity contribution in [2.24, 2.45) is 0 Å². The van der Waals surface area contributed by atoms with Crippen LogP contribution in [0.15, 0.2) is 48.5 Å². The minimum absolute atomic E-state index is 0.891. The molecule has 0 bridgehead atoms. The number of anilines is 1. The highest BCUT2D eigenvalue weighted by molar-refractivity contribution is 5.48. The number of rotatable bonds is 4. The molecular formula is C16H19NO. The van der Waals surface area contributed by atoms with Crippen LogP contribution in [0.3, 0.4) is 0 Å². The van der Waals surface area contributed by atoms with Gasteiger partial charge in [-0.2, -0.15) is 0 Å². The molecule has 18 heavy (non-hydrogen) atoms. The Morgan fingerprint density at radius 2 is 1.56 bits per heavy atom. The molecule has 0 aliphatic carbocycles. The summed E-state index contributed by atoms with van der Waals surface area (Å²) < 4.78 is 5.16. The average molecular weight is 241 g/mol. The van der Waals surface area contributed by atoms with E-state index in [0.717, 1.165) is 12.3 Å². The zero-order valence-electron chi connectivity index (χ0n) is 11.2. The predicted molar refractivity (Wildman–Crippen MR) is 76.3 cm³/mol. The van der Waals surface area contributed by atoms with Crippen LogP contribution in [0, 0.1) is 6.92 Å². The quantitative estimate of drug-likeness (QED) is 0.810. The van der Waals surface area contributed by atoms with Gasteiger partial charge in [-0.3, -0.25) is 0 Å². The van der Waals surface area contributed by atoms with Crippen LogP contribution in [0.1, 0.15) is 11.1 Å². The molecule has 0 heterocycles. The molecule has 0 aliphatic heterocycles. The van der Waals surface area contributed by atoms with Gasteiger partial charge in [0.25, 0.3) is 0 Å². The number of ether oxygens (including phenoxy) is 1. The van der Waals surface area contributed by atoms with Gasteiger partial charge in [-0.05, 0) is 36.8 Å². The Morgan fingerprint density at radius 1 is 0.944 bits per heavy atom. The zero-order chi connectivity index (χ0) is 13.0. The van der Waals surface area contributed by atoms with Gasteiger partial charge in [0.15, 0.2) is 0 Å². The van der Waals surface area contributed by atoms with E-state index in [2.05, 4.69) is 55.3 Å². The summed E-state index contributed by atoms with van der Waals surface area (Å²) in [7, 11) is 3.78. The van der Waals surface area contributed by atoms with Crippen molar-refractivity contribution in [3.05, 3.63) is 59.7 Å². The summed E-state index contributed by atoms with van der Waals surface area (Å²) in [4.78, 5) is 2.23. The van der Waals surface area contributed by atoms with E-state index in [9.17, 15) is 0 Å². The van der Waals surface area contributed by atoms with Crippen molar-refractivity contribution in [1.82, 2.24) is 0 Å². The van der Waals surface area contributed by atoms with Crippen molar-refractivity contribution in [1.29, 1.82) is 0 Å². The molecule has 94 valence electrons. The molecule has 2 heteroatoms. The summed E-state index contributed by atoms with van der Waals surface area (Å²) in [6, 6.07) is 16.8. The van der Waals surface area contributed by atoms with Gasteiger partial charge in [0.1, 0.15) is 5.75 Å². The van der Waals surface area contributed by atoms with E-state index in [1.54, 1.807) is 7.11 Å². The number of benzene rings is 2. The van der Waals surface area contributed by atoms with Gasteiger partial charge in [0, 0.05) is 19.3 Å². The molecule has 2 rings (SSSR count). The maximum Gasteiger partial charge on any atom is 0.119 e. The Hall–Kier alpha value is -1.96. The van der Waals surface area contributed by atoms with E-state index in [-0.39, 0.29) is 0 Å². The molecule has 0 spiro atoms. The van der Waals surface area contributed by atoms with E-state index >= 15 is 0 Å². The van der Waals surface area contributed by atoms with Crippen LogP contribution in [-0.2, 0) is 6.54 Å². The molecule has 0 aromatic heterocycles. The molecule has 2 aromatic rings. The largest absolute Gasteiger partial charge is 0.497 e. The summed E-state index contributed by atoms with van der Waals surface area (Å²) in [6.07, 6.45) is 0. The molecule has 0 N–H and O–H groups in total. The van der Waals surface area contributed by atoms with Gasteiger partial charge >= 0.3 is 0 Å². The Kier molecular flexibility index (Phi) is 3.88. The summed E-state index contributed by atoms with van der Waals surface area (Å²) in [5, 5.41) is 0. The van der Waals surface area contributed by atoms with Crippen molar-refractivity contribution in [2.45, 2.75) is 13.5 Å². The van der Waals surface area contributed by atoms with Crippen molar-refractivity contribution in [3.63, 3.8) is 0 Å². The first-order valence-corrected chi connectivity index (χ1v) is 6.10. The van der Waals surface area contributed by atoms with Crippen molar-refractivity contribution in [3.8, 4) is 5.75 Å². The molecule has 0 radical (unpaired) electrons. The summed E-state index contributed by atoms with van der Waals surface area (Å²) in [6.45, 7) is 3.02. The van der Waals surface area contributed by atoms with Crippen LogP contribution in [0.5, 0.6) is 5.75 Å². The van der Waals surface area contributed by atoms with Gasteiger partial charge in [0.2, 0.25) is 0 Å². The lowest BCUT2D eigenvalue weighted by Crippen LogP contribution is -2.16. The van der Waals surface area contributed by atoms with Gasteiger partial charge in [-0.15, -0.1) is 0 Å². The topological polar surface area (TPSA) is 12.5 Å². The maximum atomic E-state index is 5.16. The minimum Gasteiger partial charge on any atom is -0.497 e. The Bertz CT molecular complexity index is 488. The highest BCUT2D eigenvalue weighted by Crippen LogP contribution is 2.19. The Morgan fingerprint density at radius 3 is 2.11 bits per heavy atom. The molecule has 0 amide bonds. The molecule has 0 saturated carbocycles. The monoisotopic (exact) mass is 241 g/mol. The lowest BCUT2D eigenvalue weighted by atomic mass is 10.1. The fourth-order valence-electron chi connectivity index (χ4n) is 1.90. The summed E-state index contributed by atoms with van der Waals surface area (Å²) in [5.74, 6) is 0.891. The van der Waals surface area contributed by atoms with Crippen LogP contribution >= 0.6 is 0 Å². The van der Waals surface area contributed by atoms with Crippen LogP contribution in [0.4, 0.5) is 5.69 Å². The van der Waals surface area contributed by atoms with Crippen molar-refractivity contribution < 1.29 is 4.74 Å². The van der Waals surface area contributed by atoms with Gasteiger partial charge < -0.3 is 9.64 Å². The minimum atomic E-state index is 0.891. The summed E-state index contributed by atoms with van der Waals surface area (Å²) in [5.41, 5.74) is 3.81. The normalized spacial score (nSPS) is 10.2. The third-order valence-electron chi connectivity index (χ3n) is 3.05. The van der Waals surface area contributed by atoms with E-state index in [1.807, 2.05) is 12.1 Å².